The van der Waals surface area contributed by atoms with Gasteiger partial charge in [0.2, 0.25) is 0 Å². The van der Waals surface area contributed by atoms with Crippen LogP contribution in [0.3, 0.4) is 0 Å². The molecule has 146 valence electrons. The molecule has 0 radical (unpaired) electrons. The normalized spacial score (nSPS) is 34.5. The Bertz CT molecular complexity index is 741. The van der Waals surface area contributed by atoms with Gasteiger partial charge in [0.25, 0.3) is 6.43 Å². The Labute approximate surface area is 152 Å². The summed E-state index contributed by atoms with van der Waals surface area (Å²) in [7, 11) is -2.04. The van der Waals surface area contributed by atoms with Crippen molar-refractivity contribution >= 4 is 26.0 Å². The minimum atomic E-state index is -3.14. The second kappa shape index (κ2) is 7.21. The summed E-state index contributed by atoms with van der Waals surface area (Å²) >= 11 is 5.80. The lowest BCUT2D eigenvalue weighted by atomic mass is 9.97. The molecule has 2 aliphatic rings. The summed E-state index contributed by atoms with van der Waals surface area (Å²) in [6.45, 7) is 2.72. The maximum Gasteiger partial charge on any atom is 0.351 e. The Morgan fingerprint density at radius 3 is 2.85 bits per heavy atom. The first-order chi connectivity index (χ1) is 12.2. The second-order valence-corrected chi connectivity index (χ2v) is 7.58. The number of ether oxygens (including phenoxy) is 1. The average Bonchev–Trinajstić information content (AvgIpc) is 2.85. The van der Waals surface area contributed by atoms with E-state index in [1.807, 2.05) is 0 Å². The zero-order valence-corrected chi connectivity index (χ0v) is 15.3. The summed E-state index contributed by atoms with van der Waals surface area (Å²) in [5.74, 6) is -0.268. The quantitative estimate of drug-likeness (QED) is 0.751. The number of halogens is 4. The number of aromatic nitrogens is 2. The predicted molar refractivity (Wildman–Crippen MR) is 85.6 cm³/mol. The average molecular weight is 418 g/mol. The van der Waals surface area contributed by atoms with Crippen LogP contribution in [-0.2, 0) is 18.3 Å². The largest absolute Gasteiger partial charge is 0.382 e. The molecular formula is C13H16ClF3N3O5P. The van der Waals surface area contributed by atoms with Crippen LogP contribution in [0.2, 0.25) is 5.02 Å². The molecule has 2 aliphatic heterocycles. The van der Waals surface area contributed by atoms with Gasteiger partial charge in [-0.3, -0.25) is 4.57 Å². The summed E-state index contributed by atoms with van der Waals surface area (Å²) < 4.78 is 64.1. The molecule has 2 saturated heterocycles. The maximum absolute atomic E-state index is 15.0. The van der Waals surface area contributed by atoms with Crippen LogP contribution in [0.25, 0.3) is 0 Å². The molecule has 3 heterocycles. The molecule has 1 unspecified atom stereocenters. The first-order valence-electron chi connectivity index (χ1n) is 7.56. The fourth-order valence-electron chi connectivity index (χ4n) is 2.63. The first kappa shape index (κ1) is 19.8. The van der Waals surface area contributed by atoms with Crippen LogP contribution < -0.4 is 11.4 Å². The minimum absolute atomic E-state index is 0.149. The van der Waals surface area contributed by atoms with Gasteiger partial charge in [-0.25, -0.2) is 18.0 Å². The van der Waals surface area contributed by atoms with Crippen LogP contribution in [0.5, 0.6) is 0 Å². The van der Waals surface area contributed by atoms with Crippen LogP contribution in [-0.4, -0.2) is 46.6 Å². The van der Waals surface area contributed by atoms with Crippen molar-refractivity contribution in [3.05, 3.63) is 21.7 Å². The SMILES string of the molecule is CC(C)OP1OC[C@@]2(C(F)F)O[C@@H](n3cc(Cl)c(N)nc3=O)[C@@H](F)[C@@H]2O1. The van der Waals surface area contributed by atoms with Gasteiger partial charge in [-0.15, -0.1) is 0 Å². The van der Waals surface area contributed by atoms with Gasteiger partial charge in [0.1, 0.15) is 11.9 Å². The molecule has 0 aromatic carbocycles. The van der Waals surface area contributed by atoms with Gasteiger partial charge in [-0.2, -0.15) is 4.98 Å². The van der Waals surface area contributed by atoms with Crippen LogP contribution in [0, 0.1) is 0 Å². The lowest BCUT2D eigenvalue weighted by molar-refractivity contribution is -0.204. The van der Waals surface area contributed by atoms with Crippen molar-refractivity contribution in [2.24, 2.45) is 0 Å². The highest BCUT2D eigenvalue weighted by molar-refractivity contribution is 7.41. The number of anilines is 1. The van der Waals surface area contributed by atoms with Gasteiger partial charge >= 0.3 is 14.3 Å². The van der Waals surface area contributed by atoms with Crippen molar-refractivity contribution in [2.45, 2.75) is 50.5 Å². The zero-order chi connectivity index (χ0) is 19.2. The molecule has 8 nitrogen and oxygen atoms in total. The van der Waals surface area contributed by atoms with Crippen LogP contribution >= 0.6 is 20.2 Å². The number of alkyl halides is 3. The standard InChI is InChI=1S/C13H16ClF3N3O5P/c1-5(2)24-26-22-4-13(11(16)17)8(25-26)7(15)10(23-13)20-3-6(14)9(18)19-12(20)21/h3,5,7-8,10-11H,4H2,1-2H3,(H2,18,19,21)/t7-,8-,10+,13+,26?/m0/s1. The van der Waals surface area contributed by atoms with Crippen molar-refractivity contribution in [1.29, 1.82) is 0 Å². The highest BCUT2D eigenvalue weighted by Gasteiger charge is 2.66. The molecule has 0 saturated carbocycles. The zero-order valence-electron chi connectivity index (χ0n) is 13.6. The van der Waals surface area contributed by atoms with E-state index in [0.717, 1.165) is 6.20 Å². The highest BCUT2D eigenvalue weighted by atomic mass is 35.5. The molecule has 2 N–H and O–H groups in total. The molecular weight excluding hydrogens is 402 g/mol. The van der Waals surface area contributed by atoms with Gasteiger partial charge < -0.3 is 24.0 Å². The third kappa shape index (κ3) is 3.32. The molecule has 2 fully saturated rings. The molecule has 0 spiro atoms. The Morgan fingerprint density at radius 2 is 2.23 bits per heavy atom. The van der Waals surface area contributed by atoms with Crippen LogP contribution in [0.4, 0.5) is 19.0 Å². The van der Waals surface area contributed by atoms with Crippen LogP contribution in [0.15, 0.2) is 11.0 Å². The number of hydrogen-bond acceptors (Lipinski definition) is 7. The van der Waals surface area contributed by atoms with Crippen molar-refractivity contribution in [2.75, 3.05) is 12.3 Å². The van der Waals surface area contributed by atoms with E-state index in [1.54, 1.807) is 13.8 Å². The summed E-state index contributed by atoms with van der Waals surface area (Å²) in [5.41, 5.74) is 2.02. The molecule has 13 heteroatoms. The Morgan fingerprint density at radius 1 is 1.54 bits per heavy atom. The van der Waals surface area contributed by atoms with E-state index in [9.17, 15) is 18.0 Å². The summed E-state index contributed by atoms with van der Waals surface area (Å²) in [5, 5.41) is -0.149. The number of nitrogen functional groups attached to an aromatic ring is 1. The topological polar surface area (TPSA) is 97.8 Å². The molecule has 26 heavy (non-hydrogen) atoms. The monoisotopic (exact) mass is 417 g/mol. The van der Waals surface area contributed by atoms with Gasteiger partial charge in [-0.1, -0.05) is 11.6 Å². The number of hydrogen-bond donors (Lipinski definition) is 1. The van der Waals surface area contributed by atoms with E-state index in [-0.39, 0.29) is 16.9 Å². The number of fused-ring (bicyclic) bond motifs is 1. The van der Waals surface area contributed by atoms with Gasteiger partial charge in [0.15, 0.2) is 18.0 Å². The Hall–Kier alpha value is -0.970. The number of nitrogens with two attached hydrogens (primary N) is 1. The molecule has 0 amide bonds. The highest BCUT2D eigenvalue weighted by Crippen LogP contribution is 2.56. The third-order valence-electron chi connectivity index (χ3n) is 3.85. The molecule has 1 aromatic rings. The molecule has 5 atom stereocenters. The summed E-state index contributed by atoms with van der Waals surface area (Å²) in [6, 6.07) is 0. The predicted octanol–water partition coefficient (Wildman–Crippen LogP) is 2.42. The number of nitrogens with zero attached hydrogens (tertiary/aromatic N) is 2. The third-order valence-corrected chi connectivity index (χ3v) is 5.48. The smallest absolute Gasteiger partial charge is 0.351 e. The van der Waals surface area contributed by atoms with E-state index in [1.165, 1.54) is 0 Å². The second-order valence-electron chi connectivity index (χ2n) is 6.05. The summed E-state index contributed by atoms with van der Waals surface area (Å²) in [6.07, 6.45) is -8.03. The molecule has 0 aliphatic carbocycles. The van der Waals surface area contributed by atoms with Crippen molar-refractivity contribution in [3.63, 3.8) is 0 Å². The van der Waals surface area contributed by atoms with Crippen molar-refractivity contribution < 1.29 is 31.5 Å². The summed E-state index contributed by atoms with van der Waals surface area (Å²) in [4.78, 5) is 15.4. The Kier molecular flexibility index (Phi) is 5.49. The Balaban J connectivity index is 1.95. The molecule has 0 bridgehead atoms. The van der Waals surface area contributed by atoms with E-state index in [2.05, 4.69) is 4.98 Å². The number of rotatable bonds is 4. The van der Waals surface area contributed by atoms with E-state index < -0.39 is 51.4 Å². The van der Waals surface area contributed by atoms with E-state index in [4.69, 9.17) is 35.6 Å². The van der Waals surface area contributed by atoms with Gasteiger partial charge in [-0.05, 0) is 13.8 Å². The maximum atomic E-state index is 15.0. The van der Waals surface area contributed by atoms with Gasteiger partial charge in [0.05, 0.1) is 17.7 Å². The lowest BCUT2D eigenvalue weighted by Gasteiger charge is -2.39. The first-order valence-corrected chi connectivity index (χ1v) is 9.04. The van der Waals surface area contributed by atoms with Crippen molar-refractivity contribution in [1.82, 2.24) is 9.55 Å². The molecule has 3 rings (SSSR count). The lowest BCUT2D eigenvalue weighted by Crippen LogP contribution is -2.55. The minimum Gasteiger partial charge on any atom is -0.382 e. The molecule has 1 aromatic heterocycles. The fraction of sp³-hybridized carbons (Fsp3) is 0.692. The van der Waals surface area contributed by atoms with Crippen molar-refractivity contribution in [3.8, 4) is 0 Å². The van der Waals surface area contributed by atoms with Gasteiger partial charge in [0, 0.05) is 6.20 Å². The van der Waals surface area contributed by atoms with E-state index >= 15 is 0 Å². The van der Waals surface area contributed by atoms with Crippen LogP contribution in [0.1, 0.15) is 20.1 Å². The van der Waals surface area contributed by atoms with E-state index in [0.29, 0.717) is 4.57 Å². The fourth-order valence-corrected chi connectivity index (χ4v) is 4.08.